The number of fused-ring (bicyclic) bond motifs is 1. The molecular formula is C19H29NO3S. The number of thiophene rings is 1. The summed E-state index contributed by atoms with van der Waals surface area (Å²) >= 11 is 1.55. The summed E-state index contributed by atoms with van der Waals surface area (Å²) in [6.07, 6.45) is 3.36. The van der Waals surface area contributed by atoms with Gasteiger partial charge in [-0.25, -0.2) is 4.79 Å². The van der Waals surface area contributed by atoms with E-state index in [1.54, 1.807) is 11.3 Å². The lowest BCUT2D eigenvalue weighted by molar-refractivity contribution is -0.116. The van der Waals surface area contributed by atoms with Crippen molar-refractivity contribution < 1.29 is 14.3 Å². The van der Waals surface area contributed by atoms with Crippen molar-refractivity contribution in [1.29, 1.82) is 0 Å². The summed E-state index contributed by atoms with van der Waals surface area (Å²) in [6, 6.07) is 0. The number of methoxy groups -OCH3 is 1. The molecule has 1 aromatic rings. The van der Waals surface area contributed by atoms with Gasteiger partial charge in [0.1, 0.15) is 5.00 Å². The van der Waals surface area contributed by atoms with E-state index >= 15 is 0 Å². The van der Waals surface area contributed by atoms with Gasteiger partial charge in [-0.3, -0.25) is 4.79 Å². The Labute approximate surface area is 149 Å². The molecule has 0 saturated heterocycles. The monoisotopic (exact) mass is 351 g/mol. The Morgan fingerprint density at radius 3 is 2.54 bits per heavy atom. The zero-order valence-electron chi connectivity index (χ0n) is 15.6. The Balaban J connectivity index is 2.33. The third kappa shape index (κ3) is 4.18. The van der Waals surface area contributed by atoms with E-state index < -0.39 is 0 Å². The summed E-state index contributed by atoms with van der Waals surface area (Å²) in [7, 11) is 1.40. The molecule has 0 saturated carbocycles. The minimum Gasteiger partial charge on any atom is -0.465 e. The van der Waals surface area contributed by atoms with Crippen molar-refractivity contribution >= 4 is 28.2 Å². The Morgan fingerprint density at radius 1 is 1.33 bits per heavy atom. The first-order valence-electron chi connectivity index (χ1n) is 8.66. The van der Waals surface area contributed by atoms with Gasteiger partial charge in [0.05, 0.1) is 12.7 Å². The molecule has 0 radical (unpaired) electrons. The lowest BCUT2D eigenvalue weighted by Crippen LogP contribution is -2.26. The third-order valence-corrected chi connectivity index (χ3v) is 5.90. The van der Waals surface area contributed by atoms with Gasteiger partial charge in [0.25, 0.3) is 0 Å². The molecule has 24 heavy (non-hydrogen) atoms. The maximum atomic E-state index is 12.3. The summed E-state index contributed by atoms with van der Waals surface area (Å²) in [5, 5.41) is 3.61. The Morgan fingerprint density at radius 2 is 2.00 bits per heavy atom. The van der Waals surface area contributed by atoms with Crippen molar-refractivity contribution in [3.63, 3.8) is 0 Å². The minimum absolute atomic E-state index is 0.0406. The fourth-order valence-corrected chi connectivity index (χ4v) is 4.61. The fraction of sp³-hybridized carbons (Fsp3) is 0.684. The molecular weight excluding hydrogens is 322 g/mol. The molecule has 1 amide bonds. The van der Waals surface area contributed by atoms with Gasteiger partial charge in [0, 0.05) is 11.3 Å². The SMILES string of the molecule is COC(=O)c1c(NC(=O)CC(C)C)sc2c1CC[C@H](C(C)(C)C)C2. The highest BCUT2D eigenvalue weighted by Gasteiger charge is 2.34. The molecule has 4 nitrogen and oxygen atoms in total. The first-order valence-corrected chi connectivity index (χ1v) is 9.47. The molecule has 1 aliphatic carbocycles. The summed E-state index contributed by atoms with van der Waals surface area (Å²) in [6.45, 7) is 10.8. The van der Waals surface area contributed by atoms with E-state index in [-0.39, 0.29) is 23.2 Å². The van der Waals surface area contributed by atoms with Crippen LogP contribution in [0.4, 0.5) is 5.00 Å². The molecule has 134 valence electrons. The number of amides is 1. The van der Waals surface area contributed by atoms with E-state index in [1.807, 2.05) is 13.8 Å². The third-order valence-electron chi connectivity index (χ3n) is 4.73. The van der Waals surface area contributed by atoms with Crippen LogP contribution in [0.1, 0.15) is 68.3 Å². The lowest BCUT2D eigenvalue weighted by atomic mass is 9.72. The lowest BCUT2D eigenvalue weighted by Gasteiger charge is -2.33. The molecule has 1 N–H and O–H groups in total. The minimum atomic E-state index is -0.346. The van der Waals surface area contributed by atoms with Crippen LogP contribution in [0, 0.1) is 17.3 Å². The largest absolute Gasteiger partial charge is 0.465 e. The Kier molecular flexibility index (Phi) is 5.74. The quantitative estimate of drug-likeness (QED) is 0.802. The van der Waals surface area contributed by atoms with Crippen LogP contribution in [0.2, 0.25) is 0 Å². The molecule has 0 aliphatic heterocycles. The van der Waals surface area contributed by atoms with Crippen LogP contribution in [-0.4, -0.2) is 19.0 Å². The van der Waals surface area contributed by atoms with Gasteiger partial charge in [-0.1, -0.05) is 34.6 Å². The smallest absolute Gasteiger partial charge is 0.341 e. The standard InChI is InChI=1S/C19H29NO3S/c1-11(2)9-15(21)20-17-16(18(22)23-6)13-8-7-12(19(3,4)5)10-14(13)24-17/h11-12H,7-10H2,1-6H3,(H,20,21)/t12-/m0/s1. The van der Waals surface area contributed by atoms with Crippen LogP contribution >= 0.6 is 11.3 Å². The van der Waals surface area contributed by atoms with Crippen LogP contribution < -0.4 is 5.32 Å². The predicted octanol–water partition coefficient (Wildman–Crippen LogP) is 4.67. The van der Waals surface area contributed by atoms with E-state index in [0.717, 1.165) is 24.8 Å². The van der Waals surface area contributed by atoms with E-state index in [9.17, 15) is 9.59 Å². The average molecular weight is 352 g/mol. The summed E-state index contributed by atoms with van der Waals surface area (Å²) in [5.41, 5.74) is 1.89. The molecule has 1 atom stereocenters. The zero-order chi connectivity index (χ0) is 18.1. The van der Waals surface area contributed by atoms with Gasteiger partial charge >= 0.3 is 5.97 Å². The van der Waals surface area contributed by atoms with Crippen LogP contribution in [0.5, 0.6) is 0 Å². The summed E-state index contributed by atoms with van der Waals surface area (Å²) in [5.74, 6) is 0.488. The van der Waals surface area contributed by atoms with Gasteiger partial charge in [0.15, 0.2) is 0 Å². The van der Waals surface area contributed by atoms with Crippen LogP contribution in [-0.2, 0) is 22.4 Å². The number of hydrogen-bond donors (Lipinski definition) is 1. The van der Waals surface area contributed by atoms with Crippen molar-refractivity contribution in [3.05, 3.63) is 16.0 Å². The molecule has 1 heterocycles. The molecule has 0 fully saturated rings. The highest BCUT2D eigenvalue weighted by molar-refractivity contribution is 7.17. The zero-order valence-corrected chi connectivity index (χ0v) is 16.4. The number of carbonyl (C=O) groups excluding carboxylic acids is 2. The second-order valence-corrected chi connectivity index (χ2v) is 9.26. The van der Waals surface area contributed by atoms with Gasteiger partial charge in [-0.15, -0.1) is 11.3 Å². The number of anilines is 1. The van der Waals surface area contributed by atoms with Gasteiger partial charge in [0.2, 0.25) is 5.91 Å². The van der Waals surface area contributed by atoms with Crippen molar-refractivity contribution in [2.75, 3.05) is 12.4 Å². The average Bonchev–Trinajstić information content (AvgIpc) is 2.81. The van der Waals surface area contributed by atoms with Gasteiger partial charge in [-0.2, -0.15) is 0 Å². The van der Waals surface area contributed by atoms with Crippen LogP contribution in [0.3, 0.4) is 0 Å². The Hall–Kier alpha value is -1.36. The molecule has 2 rings (SSSR count). The first kappa shape index (κ1) is 19.0. The second kappa shape index (κ2) is 7.26. The molecule has 0 aromatic carbocycles. The molecule has 1 aliphatic rings. The predicted molar refractivity (Wildman–Crippen MR) is 98.7 cm³/mol. The van der Waals surface area contributed by atoms with E-state index in [4.69, 9.17) is 4.74 Å². The van der Waals surface area contributed by atoms with Crippen molar-refractivity contribution in [2.24, 2.45) is 17.3 Å². The van der Waals surface area contributed by atoms with Crippen molar-refractivity contribution in [1.82, 2.24) is 0 Å². The molecule has 1 aromatic heterocycles. The highest BCUT2D eigenvalue weighted by Crippen LogP contribution is 2.44. The fourth-order valence-electron chi connectivity index (χ4n) is 3.28. The number of esters is 1. The van der Waals surface area contributed by atoms with Crippen LogP contribution in [0.15, 0.2) is 0 Å². The van der Waals surface area contributed by atoms with Gasteiger partial charge < -0.3 is 10.1 Å². The van der Waals surface area contributed by atoms with Crippen LogP contribution in [0.25, 0.3) is 0 Å². The number of hydrogen-bond acceptors (Lipinski definition) is 4. The molecule has 5 heteroatoms. The highest BCUT2D eigenvalue weighted by atomic mass is 32.1. The number of nitrogens with one attached hydrogen (secondary N) is 1. The second-order valence-electron chi connectivity index (χ2n) is 8.15. The molecule has 0 spiro atoms. The normalized spacial score (nSPS) is 17.5. The number of ether oxygens (including phenoxy) is 1. The summed E-state index contributed by atoms with van der Waals surface area (Å²) < 4.78 is 4.97. The topological polar surface area (TPSA) is 55.4 Å². The van der Waals surface area contributed by atoms with Crippen molar-refractivity contribution in [3.8, 4) is 0 Å². The molecule has 0 unspecified atom stereocenters. The maximum Gasteiger partial charge on any atom is 0.341 e. The molecule has 0 bridgehead atoms. The number of carbonyl (C=O) groups is 2. The summed E-state index contributed by atoms with van der Waals surface area (Å²) in [4.78, 5) is 25.7. The number of rotatable bonds is 4. The maximum absolute atomic E-state index is 12.3. The van der Waals surface area contributed by atoms with Crippen molar-refractivity contribution in [2.45, 2.75) is 60.3 Å². The van der Waals surface area contributed by atoms with Gasteiger partial charge in [-0.05, 0) is 42.1 Å². The van der Waals surface area contributed by atoms with E-state index in [1.165, 1.54) is 12.0 Å². The first-order chi connectivity index (χ1) is 11.1. The van der Waals surface area contributed by atoms with E-state index in [0.29, 0.717) is 22.9 Å². The van der Waals surface area contributed by atoms with E-state index in [2.05, 4.69) is 26.1 Å². The Bertz CT molecular complexity index is 625.